The smallest absolute Gasteiger partial charge is 0.141 e. The minimum absolute atomic E-state index is 0.214. The molecule has 0 saturated carbocycles. The first-order valence-electron chi connectivity index (χ1n) is 5.80. The van der Waals surface area contributed by atoms with Gasteiger partial charge in [0.2, 0.25) is 0 Å². The van der Waals surface area contributed by atoms with Crippen molar-refractivity contribution in [1.29, 1.82) is 0 Å². The number of ether oxygens (including phenoxy) is 1. The summed E-state index contributed by atoms with van der Waals surface area (Å²) >= 11 is 0. The molecule has 1 aliphatic heterocycles. The fraction of sp³-hybridized carbons (Fsp3) is 0.462. The molecule has 0 amide bonds. The van der Waals surface area contributed by atoms with Crippen LogP contribution in [-0.2, 0) is 4.84 Å². The van der Waals surface area contributed by atoms with Crippen LogP contribution in [0.1, 0.15) is 12.0 Å². The second-order valence-electron chi connectivity index (χ2n) is 4.25. The first-order chi connectivity index (χ1) is 8.29. The SMILES string of the molecule is COc1ccccc1/C=N/OC1CCN(C)C1. The molecule has 4 nitrogen and oxygen atoms in total. The van der Waals surface area contributed by atoms with E-state index in [1.54, 1.807) is 13.3 Å². The monoisotopic (exact) mass is 234 g/mol. The predicted molar refractivity (Wildman–Crippen MR) is 67.6 cm³/mol. The summed E-state index contributed by atoms with van der Waals surface area (Å²) in [6.07, 6.45) is 2.96. The molecule has 1 aromatic rings. The van der Waals surface area contributed by atoms with Crippen LogP contribution in [0.4, 0.5) is 0 Å². The zero-order valence-corrected chi connectivity index (χ0v) is 10.3. The third-order valence-electron chi connectivity index (χ3n) is 2.89. The van der Waals surface area contributed by atoms with Crippen molar-refractivity contribution in [3.63, 3.8) is 0 Å². The van der Waals surface area contributed by atoms with Crippen molar-refractivity contribution in [3.05, 3.63) is 29.8 Å². The van der Waals surface area contributed by atoms with Gasteiger partial charge in [0.05, 0.1) is 13.3 Å². The zero-order chi connectivity index (χ0) is 12.1. The third-order valence-corrected chi connectivity index (χ3v) is 2.89. The Morgan fingerprint density at radius 1 is 1.41 bits per heavy atom. The maximum absolute atomic E-state index is 5.45. The number of hydrogen-bond acceptors (Lipinski definition) is 4. The summed E-state index contributed by atoms with van der Waals surface area (Å²) in [5.74, 6) is 0.809. The number of likely N-dealkylation sites (N-methyl/N-ethyl adjacent to an activating group) is 1. The molecule has 92 valence electrons. The number of hydrogen-bond donors (Lipinski definition) is 0. The van der Waals surface area contributed by atoms with E-state index in [2.05, 4.69) is 17.1 Å². The van der Waals surface area contributed by atoms with E-state index in [9.17, 15) is 0 Å². The number of para-hydroxylation sites is 1. The maximum atomic E-state index is 5.45. The molecule has 1 aliphatic rings. The van der Waals surface area contributed by atoms with Crippen LogP contribution in [0.15, 0.2) is 29.4 Å². The van der Waals surface area contributed by atoms with E-state index in [4.69, 9.17) is 9.57 Å². The van der Waals surface area contributed by atoms with Gasteiger partial charge in [-0.1, -0.05) is 17.3 Å². The van der Waals surface area contributed by atoms with Crippen molar-refractivity contribution in [1.82, 2.24) is 4.90 Å². The van der Waals surface area contributed by atoms with E-state index in [0.29, 0.717) is 0 Å². The van der Waals surface area contributed by atoms with Crippen molar-refractivity contribution in [2.75, 3.05) is 27.2 Å². The summed E-state index contributed by atoms with van der Waals surface area (Å²) in [6.45, 7) is 2.03. The number of rotatable bonds is 4. The van der Waals surface area contributed by atoms with Crippen LogP contribution in [0.2, 0.25) is 0 Å². The molecule has 0 N–H and O–H groups in total. The standard InChI is InChI=1S/C13H18N2O2/c1-15-8-7-12(10-15)17-14-9-11-5-3-4-6-13(11)16-2/h3-6,9,12H,7-8,10H2,1-2H3/b14-9+. The molecular weight excluding hydrogens is 216 g/mol. The lowest BCUT2D eigenvalue weighted by Gasteiger charge is -2.08. The molecule has 17 heavy (non-hydrogen) atoms. The third kappa shape index (κ3) is 3.20. The number of methoxy groups -OCH3 is 1. The Balaban J connectivity index is 1.91. The Bertz CT molecular complexity index is 393. The molecule has 0 aromatic heterocycles. The second kappa shape index (κ2) is 5.68. The molecule has 1 fully saturated rings. The molecule has 1 unspecified atom stereocenters. The van der Waals surface area contributed by atoms with Crippen LogP contribution in [-0.4, -0.2) is 44.5 Å². The lowest BCUT2D eigenvalue weighted by atomic mass is 10.2. The molecule has 1 atom stereocenters. The van der Waals surface area contributed by atoms with Gasteiger partial charge in [-0.15, -0.1) is 0 Å². The van der Waals surface area contributed by atoms with E-state index in [0.717, 1.165) is 30.8 Å². The zero-order valence-electron chi connectivity index (χ0n) is 10.3. The number of nitrogens with zero attached hydrogens (tertiary/aromatic N) is 2. The van der Waals surface area contributed by atoms with Gasteiger partial charge in [-0.05, 0) is 19.2 Å². The number of benzene rings is 1. The summed E-state index contributed by atoms with van der Waals surface area (Å²) in [5, 5.41) is 4.04. The average Bonchev–Trinajstić information content (AvgIpc) is 2.76. The fourth-order valence-corrected chi connectivity index (χ4v) is 1.93. The Morgan fingerprint density at radius 2 is 2.24 bits per heavy atom. The van der Waals surface area contributed by atoms with Crippen LogP contribution >= 0.6 is 0 Å². The van der Waals surface area contributed by atoms with Gasteiger partial charge in [0, 0.05) is 25.1 Å². The molecule has 0 radical (unpaired) electrons. The van der Waals surface area contributed by atoms with Crippen LogP contribution in [0.25, 0.3) is 0 Å². The molecule has 1 aromatic carbocycles. The molecule has 2 rings (SSSR count). The lowest BCUT2D eigenvalue weighted by molar-refractivity contribution is 0.0682. The van der Waals surface area contributed by atoms with Gasteiger partial charge >= 0.3 is 0 Å². The minimum atomic E-state index is 0.214. The van der Waals surface area contributed by atoms with Crippen LogP contribution in [0.5, 0.6) is 5.75 Å². The molecule has 4 heteroatoms. The molecule has 1 heterocycles. The van der Waals surface area contributed by atoms with Gasteiger partial charge in [-0.2, -0.15) is 0 Å². The Labute approximate surface area is 102 Å². The van der Waals surface area contributed by atoms with Crippen molar-refractivity contribution in [2.45, 2.75) is 12.5 Å². The van der Waals surface area contributed by atoms with E-state index in [1.807, 2.05) is 24.3 Å². The van der Waals surface area contributed by atoms with Crippen molar-refractivity contribution in [2.24, 2.45) is 5.16 Å². The lowest BCUT2D eigenvalue weighted by Crippen LogP contribution is -2.17. The molecule has 1 saturated heterocycles. The summed E-state index contributed by atoms with van der Waals surface area (Å²) < 4.78 is 5.23. The van der Waals surface area contributed by atoms with E-state index >= 15 is 0 Å². The minimum Gasteiger partial charge on any atom is -0.496 e. The fourth-order valence-electron chi connectivity index (χ4n) is 1.93. The molecule has 0 spiro atoms. The summed E-state index contributed by atoms with van der Waals surface area (Å²) in [5.41, 5.74) is 0.932. The van der Waals surface area contributed by atoms with Gasteiger partial charge in [0.1, 0.15) is 11.9 Å². The second-order valence-corrected chi connectivity index (χ2v) is 4.25. The largest absolute Gasteiger partial charge is 0.496 e. The first kappa shape index (κ1) is 11.9. The van der Waals surface area contributed by atoms with Gasteiger partial charge in [-0.25, -0.2) is 0 Å². The van der Waals surface area contributed by atoms with Crippen LogP contribution in [0, 0.1) is 0 Å². The highest BCUT2D eigenvalue weighted by atomic mass is 16.6. The van der Waals surface area contributed by atoms with Gasteiger partial charge in [0.15, 0.2) is 0 Å². The highest BCUT2D eigenvalue weighted by molar-refractivity contribution is 5.82. The van der Waals surface area contributed by atoms with Crippen LogP contribution in [0.3, 0.4) is 0 Å². The van der Waals surface area contributed by atoms with Crippen molar-refractivity contribution < 1.29 is 9.57 Å². The van der Waals surface area contributed by atoms with E-state index in [1.165, 1.54) is 0 Å². The molecule has 0 bridgehead atoms. The number of likely N-dealkylation sites (tertiary alicyclic amines) is 1. The Morgan fingerprint density at radius 3 is 2.94 bits per heavy atom. The Hall–Kier alpha value is -1.55. The summed E-state index contributed by atoms with van der Waals surface area (Å²) in [6, 6.07) is 7.74. The quantitative estimate of drug-likeness (QED) is 0.588. The normalized spacial score (nSPS) is 20.9. The summed E-state index contributed by atoms with van der Waals surface area (Å²) in [4.78, 5) is 7.69. The summed E-state index contributed by atoms with van der Waals surface area (Å²) in [7, 11) is 3.74. The van der Waals surface area contributed by atoms with Gasteiger partial charge < -0.3 is 14.5 Å². The van der Waals surface area contributed by atoms with Crippen molar-refractivity contribution >= 4 is 6.21 Å². The molecule has 0 aliphatic carbocycles. The van der Waals surface area contributed by atoms with E-state index in [-0.39, 0.29) is 6.10 Å². The van der Waals surface area contributed by atoms with Gasteiger partial charge in [-0.3, -0.25) is 0 Å². The van der Waals surface area contributed by atoms with Crippen LogP contribution < -0.4 is 4.74 Å². The highest BCUT2D eigenvalue weighted by Crippen LogP contribution is 2.15. The van der Waals surface area contributed by atoms with Crippen molar-refractivity contribution in [3.8, 4) is 5.75 Å². The van der Waals surface area contributed by atoms with Gasteiger partial charge in [0.25, 0.3) is 0 Å². The van der Waals surface area contributed by atoms with E-state index < -0.39 is 0 Å². The maximum Gasteiger partial charge on any atom is 0.141 e. The molecular formula is C13H18N2O2. The predicted octanol–water partition coefficient (Wildman–Crippen LogP) is 1.75. The first-order valence-corrected chi connectivity index (χ1v) is 5.80. The average molecular weight is 234 g/mol. The highest BCUT2D eigenvalue weighted by Gasteiger charge is 2.20. The number of oxime groups is 1. The topological polar surface area (TPSA) is 34.1 Å². The Kier molecular flexibility index (Phi) is 3.98.